The van der Waals surface area contributed by atoms with E-state index in [0.717, 1.165) is 6.26 Å². The highest BCUT2D eigenvalue weighted by Crippen LogP contribution is 2.32. The monoisotopic (exact) mass is 337 g/mol. The van der Waals surface area contributed by atoms with Gasteiger partial charge in [-0.1, -0.05) is 6.07 Å². The second kappa shape index (κ2) is 7.92. The Labute approximate surface area is 127 Å². The normalized spacial score (nSPS) is 11.3. The smallest absolute Gasteiger partial charge is 0.387 e. The van der Waals surface area contributed by atoms with Crippen molar-refractivity contribution in [3.8, 4) is 11.5 Å². The molecule has 0 unspecified atom stereocenters. The molecule has 1 aromatic rings. The van der Waals surface area contributed by atoms with Crippen LogP contribution in [0, 0.1) is 0 Å². The topological polar surface area (TPSA) is 81.7 Å². The van der Waals surface area contributed by atoms with Crippen molar-refractivity contribution in [1.29, 1.82) is 0 Å². The van der Waals surface area contributed by atoms with Gasteiger partial charge in [0.15, 0.2) is 11.5 Å². The molecule has 0 aromatic heterocycles. The van der Waals surface area contributed by atoms with E-state index in [4.69, 9.17) is 4.74 Å². The number of ether oxygens (including phenoxy) is 2. The van der Waals surface area contributed by atoms with Crippen molar-refractivity contribution in [3.63, 3.8) is 0 Å². The molecule has 0 heterocycles. The predicted molar refractivity (Wildman–Crippen MR) is 76.3 cm³/mol. The van der Waals surface area contributed by atoms with Crippen LogP contribution in [0.4, 0.5) is 8.78 Å². The number of sulfone groups is 1. The lowest BCUT2D eigenvalue weighted by Crippen LogP contribution is -2.26. The van der Waals surface area contributed by atoms with Gasteiger partial charge in [0.1, 0.15) is 9.84 Å². The Hall–Kier alpha value is -1.90. The molecule has 1 rings (SSSR count). The van der Waals surface area contributed by atoms with Crippen LogP contribution in [-0.2, 0) is 9.84 Å². The minimum Gasteiger partial charge on any atom is -0.493 e. The molecule has 0 bridgehead atoms. The first-order valence-electron chi connectivity index (χ1n) is 6.32. The van der Waals surface area contributed by atoms with Gasteiger partial charge in [-0.3, -0.25) is 4.79 Å². The number of hydrogen-bond acceptors (Lipinski definition) is 5. The number of rotatable bonds is 8. The van der Waals surface area contributed by atoms with E-state index in [9.17, 15) is 22.0 Å². The van der Waals surface area contributed by atoms with Gasteiger partial charge in [-0.15, -0.1) is 0 Å². The highest BCUT2D eigenvalue weighted by Gasteiger charge is 2.20. The minimum absolute atomic E-state index is 0.00378. The van der Waals surface area contributed by atoms with E-state index < -0.39 is 22.4 Å². The van der Waals surface area contributed by atoms with E-state index in [0.29, 0.717) is 0 Å². The molecule has 0 saturated heterocycles. The average molecular weight is 337 g/mol. The Balaban J connectivity index is 2.80. The van der Waals surface area contributed by atoms with Crippen molar-refractivity contribution >= 4 is 15.7 Å². The molecule has 0 atom stereocenters. The third-order valence-corrected chi connectivity index (χ3v) is 3.66. The van der Waals surface area contributed by atoms with Gasteiger partial charge in [-0.05, 0) is 18.6 Å². The average Bonchev–Trinajstić information content (AvgIpc) is 2.42. The molecular formula is C13H17F2NO5S. The molecule has 1 amide bonds. The number of benzene rings is 1. The van der Waals surface area contributed by atoms with Gasteiger partial charge in [0.2, 0.25) is 0 Å². The molecule has 0 spiro atoms. The van der Waals surface area contributed by atoms with Crippen LogP contribution in [0.5, 0.6) is 11.5 Å². The van der Waals surface area contributed by atoms with E-state index in [2.05, 4.69) is 10.1 Å². The van der Waals surface area contributed by atoms with E-state index in [1.165, 1.54) is 25.3 Å². The summed E-state index contributed by atoms with van der Waals surface area (Å²) in [7, 11) is -1.85. The van der Waals surface area contributed by atoms with Gasteiger partial charge in [0.25, 0.3) is 5.91 Å². The summed E-state index contributed by atoms with van der Waals surface area (Å²) in [5, 5.41) is 2.45. The fourth-order valence-corrected chi connectivity index (χ4v) is 2.37. The molecule has 6 nitrogen and oxygen atoms in total. The number of nitrogens with one attached hydrogen (secondary N) is 1. The fourth-order valence-electron chi connectivity index (χ4n) is 1.70. The van der Waals surface area contributed by atoms with Crippen molar-refractivity contribution in [2.24, 2.45) is 0 Å². The van der Waals surface area contributed by atoms with Gasteiger partial charge in [0, 0.05) is 12.8 Å². The van der Waals surface area contributed by atoms with Crippen LogP contribution in [0.25, 0.3) is 0 Å². The fraction of sp³-hybridized carbons (Fsp3) is 0.462. The van der Waals surface area contributed by atoms with Gasteiger partial charge >= 0.3 is 6.61 Å². The van der Waals surface area contributed by atoms with Crippen LogP contribution < -0.4 is 14.8 Å². The second-order valence-electron chi connectivity index (χ2n) is 4.45. The lowest BCUT2D eigenvalue weighted by atomic mass is 10.1. The minimum atomic E-state index is -3.12. The van der Waals surface area contributed by atoms with E-state index in [1.54, 1.807) is 0 Å². The van der Waals surface area contributed by atoms with Crippen LogP contribution in [0.3, 0.4) is 0 Å². The maximum Gasteiger partial charge on any atom is 0.387 e. The standard InChI is InChI=1S/C13H17F2NO5S/c1-20-10-6-3-5-9(11(10)21-13(14)15)12(17)16-7-4-8-22(2,18)19/h3,5-6,13H,4,7-8H2,1-2H3,(H,16,17). The largest absolute Gasteiger partial charge is 0.493 e. The van der Waals surface area contributed by atoms with Gasteiger partial charge < -0.3 is 14.8 Å². The quantitative estimate of drug-likeness (QED) is 0.726. The lowest BCUT2D eigenvalue weighted by molar-refractivity contribution is -0.0515. The molecule has 0 radical (unpaired) electrons. The van der Waals surface area contributed by atoms with Crippen LogP contribution in [0.2, 0.25) is 0 Å². The second-order valence-corrected chi connectivity index (χ2v) is 6.71. The lowest BCUT2D eigenvalue weighted by Gasteiger charge is -2.14. The maximum atomic E-state index is 12.4. The van der Waals surface area contributed by atoms with E-state index in [-0.39, 0.29) is 35.8 Å². The first-order valence-corrected chi connectivity index (χ1v) is 8.38. The Morgan fingerprint density at radius 3 is 2.59 bits per heavy atom. The summed E-state index contributed by atoms with van der Waals surface area (Å²) < 4.78 is 56.1. The van der Waals surface area contributed by atoms with Crippen molar-refractivity contribution in [2.45, 2.75) is 13.0 Å². The molecule has 0 fully saturated rings. The molecule has 1 aromatic carbocycles. The first kappa shape index (κ1) is 18.1. The Kier molecular flexibility index (Phi) is 6.54. The number of para-hydroxylation sites is 1. The molecule has 0 saturated carbocycles. The summed E-state index contributed by atoms with van der Waals surface area (Å²) in [6.45, 7) is -3.01. The summed E-state index contributed by atoms with van der Waals surface area (Å²) >= 11 is 0. The molecular weight excluding hydrogens is 320 g/mol. The number of halogens is 2. The van der Waals surface area contributed by atoms with Crippen molar-refractivity contribution in [1.82, 2.24) is 5.32 Å². The van der Waals surface area contributed by atoms with Crippen LogP contribution >= 0.6 is 0 Å². The number of amides is 1. The van der Waals surface area contributed by atoms with Crippen molar-refractivity contribution in [3.05, 3.63) is 23.8 Å². The molecule has 9 heteroatoms. The van der Waals surface area contributed by atoms with E-state index in [1.807, 2.05) is 0 Å². The molecule has 0 aliphatic carbocycles. The molecule has 0 aliphatic rings. The van der Waals surface area contributed by atoms with Gasteiger partial charge in [-0.2, -0.15) is 8.78 Å². The van der Waals surface area contributed by atoms with Crippen molar-refractivity contribution in [2.75, 3.05) is 25.7 Å². The van der Waals surface area contributed by atoms with Crippen LogP contribution in [0.1, 0.15) is 16.8 Å². The summed E-state index contributed by atoms with van der Waals surface area (Å²) in [5.74, 6) is -1.08. The Morgan fingerprint density at radius 1 is 1.36 bits per heavy atom. The van der Waals surface area contributed by atoms with Crippen molar-refractivity contribution < 1.29 is 31.5 Å². The molecule has 0 aliphatic heterocycles. The zero-order valence-corrected chi connectivity index (χ0v) is 13.0. The van der Waals surface area contributed by atoms with Gasteiger partial charge in [0.05, 0.1) is 18.4 Å². The zero-order valence-electron chi connectivity index (χ0n) is 12.1. The number of carbonyl (C=O) groups is 1. The third kappa shape index (κ3) is 5.84. The number of methoxy groups -OCH3 is 1. The molecule has 124 valence electrons. The van der Waals surface area contributed by atoms with Crippen LogP contribution in [-0.4, -0.2) is 46.6 Å². The Morgan fingerprint density at radius 2 is 2.05 bits per heavy atom. The van der Waals surface area contributed by atoms with Crippen LogP contribution in [0.15, 0.2) is 18.2 Å². The Bertz CT molecular complexity index is 619. The highest BCUT2D eigenvalue weighted by molar-refractivity contribution is 7.90. The summed E-state index contributed by atoms with van der Waals surface area (Å²) in [6.07, 6.45) is 1.31. The number of carbonyl (C=O) groups excluding carboxylic acids is 1. The third-order valence-electron chi connectivity index (χ3n) is 2.63. The van der Waals surface area contributed by atoms with E-state index >= 15 is 0 Å². The van der Waals surface area contributed by atoms with Gasteiger partial charge in [-0.25, -0.2) is 8.42 Å². The predicted octanol–water partition coefficient (Wildman–Crippen LogP) is 1.46. The zero-order chi connectivity index (χ0) is 16.8. The molecule has 22 heavy (non-hydrogen) atoms. The highest BCUT2D eigenvalue weighted by atomic mass is 32.2. The maximum absolute atomic E-state index is 12.4. The summed E-state index contributed by atoms with van der Waals surface area (Å²) in [5.41, 5.74) is -0.112. The number of hydrogen-bond donors (Lipinski definition) is 1. The summed E-state index contributed by atoms with van der Waals surface area (Å²) in [4.78, 5) is 12.0. The first-order chi connectivity index (χ1) is 10.2. The summed E-state index contributed by atoms with van der Waals surface area (Å²) in [6, 6.07) is 4.16. The SMILES string of the molecule is COc1cccc(C(=O)NCCCS(C)(=O)=O)c1OC(F)F. The number of alkyl halides is 2. The molecule has 1 N–H and O–H groups in total.